The molecular formula is C22H25NO5. The third-order valence-electron chi connectivity index (χ3n) is 4.67. The fourth-order valence-corrected chi connectivity index (χ4v) is 3.21. The summed E-state index contributed by atoms with van der Waals surface area (Å²) in [6, 6.07) is 15.0. The lowest BCUT2D eigenvalue weighted by Crippen LogP contribution is -2.42. The van der Waals surface area contributed by atoms with Gasteiger partial charge in [-0.05, 0) is 55.7 Å². The number of aryl methyl sites for hydroxylation is 1. The van der Waals surface area contributed by atoms with Crippen LogP contribution in [-0.4, -0.2) is 38.2 Å². The van der Waals surface area contributed by atoms with E-state index < -0.39 is 12.1 Å². The molecule has 0 radical (unpaired) electrons. The van der Waals surface area contributed by atoms with Crippen LogP contribution in [0.4, 0.5) is 5.69 Å². The maximum absolute atomic E-state index is 12.8. The van der Waals surface area contributed by atoms with Crippen LogP contribution < -0.4 is 14.4 Å². The number of methoxy groups -OCH3 is 1. The van der Waals surface area contributed by atoms with E-state index in [2.05, 4.69) is 0 Å². The maximum atomic E-state index is 12.8. The van der Waals surface area contributed by atoms with Crippen molar-refractivity contribution >= 4 is 17.6 Å². The number of carbonyl (C=O) groups is 2. The molecule has 0 fully saturated rings. The van der Waals surface area contributed by atoms with Crippen LogP contribution >= 0.6 is 0 Å². The molecule has 1 amide bonds. The lowest BCUT2D eigenvalue weighted by Gasteiger charge is -2.31. The minimum atomic E-state index is -0.834. The Morgan fingerprint density at radius 3 is 2.54 bits per heavy atom. The van der Waals surface area contributed by atoms with E-state index in [1.165, 1.54) is 0 Å². The molecule has 0 aromatic heterocycles. The molecule has 0 N–H and O–H groups in total. The Balaban J connectivity index is 1.48. The summed E-state index contributed by atoms with van der Waals surface area (Å²) < 4.78 is 15.9. The molecule has 1 aliphatic rings. The Bertz CT molecular complexity index is 818. The smallest absolute Gasteiger partial charge is 0.310 e. The largest absolute Gasteiger partial charge is 0.497 e. The van der Waals surface area contributed by atoms with E-state index >= 15 is 0 Å². The van der Waals surface area contributed by atoms with Crippen molar-refractivity contribution in [1.82, 2.24) is 0 Å². The molecular weight excluding hydrogens is 358 g/mol. The molecule has 0 saturated heterocycles. The lowest BCUT2D eigenvalue weighted by molar-refractivity contribution is -0.154. The number of fused-ring (bicyclic) bond motifs is 1. The van der Waals surface area contributed by atoms with Gasteiger partial charge in [-0.1, -0.05) is 18.2 Å². The molecule has 0 spiro atoms. The quantitative estimate of drug-likeness (QED) is 0.686. The first-order valence-corrected chi connectivity index (χ1v) is 9.44. The molecule has 0 saturated carbocycles. The second-order valence-electron chi connectivity index (χ2n) is 6.63. The van der Waals surface area contributed by atoms with Gasteiger partial charge in [-0.3, -0.25) is 9.59 Å². The van der Waals surface area contributed by atoms with Crippen LogP contribution in [0.3, 0.4) is 0 Å². The highest BCUT2D eigenvalue weighted by atomic mass is 16.6. The van der Waals surface area contributed by atoms with Crippen LogP contribution in [-0.2, 0) is 20.7 Å². The van der Waals surface area contributed by atoms with Gasteiger partial charge in [0.05, 0.1) is 20.1 Å². The molecule has 1 atom stereocenters. The predicted octanol–water partition coefficient (Wildman–Crippen LogP) is 3.38. The van der Waals surface area contributed by atoms with Gasteiger partial charge < -0.3 is 19.1 Å². The molecule has 1 aliphatic heterocycles. The third-order valence-corrected chi connectivity index (χ3v) is 4.67. The number of amides is 1. The SMILES string of the molecule is COc1ccc(OCCC(=O)OC(C)C(=O)N2CCCc3ccccc32)cc1. The summed E-state index contributed by atoms with van der Waals surface area (Å²) in [7, 11) is 1.59. The lowest BCUT2D eigenvalue weighted by atomic mass is 10.0. The summed E-state index contributed by atoms with van der Waals surface area (Å²) >= 11 is 0. The van der Waals surface area contributed by atoms with E-state index in [0.29, 0.717) is 12.3 Å². The van der Waals surface area contributed by atoms with E-state index in [9.17, 15) is 9.59 Å². The van der Waals surface area contributed by atoms with Crippen LogP contribution in [0.2, 0.25) is 0 Å². The number of benzene rings is 2. The average Bonchev–Trinajstić information content (AvgIpc) is 2.73. The van der Waals surface area contributed by atoms with Crippen LogP contribution in [0.25, 0.3) is 0 Å². The second kappa shape index (κ2) is 9.26. The zero-order valence-corrected chi connectivity index (χ0v) is 16.2. The minimum absolute atomic E-state index is 0.0697. The minimum Gasteiger partial charge on any atom is -0.497 e. The van der Waals surface area contributed by atoms with E-state index in [-0.39, 0.29) is 18.9 Å². The highest BCUT2D eigenvalue weighted by Gasteiger charge is 2.28. The van der Waals surface area contributed by atoms with Gasteiger partial charge in [-0.15, -0.1) is 0 Å². The summed E-state index contributed by atoms with van der Waals surface area (Å²) in [4.78, 5) is 26.6. The molecule has 148 valence electrons. The Labute approximate surface area is 165 Å². The van der Waals surface area contributed by atoms with Crippen LogP contribution in [0, 0.1) is 0 Å². The first kappa shape index (κ1) is 19.7. The topological polar surface area (TPSA) is 65.1 Å². The van der Waals surface area contributed by atoms with E-state index in [0.717, 1.165) is 29.8 Å². The first-order valence-electron chi connectivity index (χ1n) is 9.44. The average molecular weight is 383 g/mol. The van der Waals surface area contributed by atoms with E-state index in [4.69, 9.17) is 14.2 Å². The molecule has 3 rings (SSSR count). The summed E-state index contributed by atoms with van der Waals surface area (Å²) in [5.74, 6) is 0.720. The van der Waals surface area contributed by atoms with Crippen LogP contribution in [0.1, 0.15) is 25.3 Å². The van der Waals surface area contributed by atoms with Gasteiger partial charge in [0.15, 0.2) is 6.10 Å². The van der Waals surface area contributed by atoms with Crippen molar-refractivity contribution in [2.45, 2.75) is 32.3 Å². The van der Waals surface area contributed by atoms with Crippen molar-refractivity contribution in [2.75, 3.05) is 25.2 Å². The number of esters is 1. The monoisotopic (exact) mass is 383 g/mol. The number of hydrogen-bond acceptors (Lipinski definition) is 5. The zero-order valence-electron chi connectivity index (χ0n) is 16.2. The molecule has 2 aromatic carbocycles. The molecule has 1 unspecified atom stereocenters. The summed E-state index contributed by atoms with van der Waals surface area (Å²) in [6.07, 6.45) is 1.09. The number of para-hydroxylation sites is 1. The molecule has 28 heavy (non-hydrogen) atoms. The molecule has 6 nitrogen and oxygen atoms in total. The van der Waals surface area contributed by atoms with Crippen molar-refractivity contribution in [1.29, 1.82) is 0 Å². The molecule has 1 heterocycles. The van der Waals surface area contributed by atoms with Gasteiger partial charge >= 0.3 is 5.97 Å². The molecule has 2 aromatic rings. The third kappa shape index (κ3) is 4.82. The predicted molar refractivity (Wildman–Crippen MR) is 106 cm³/mol. The standard InChI is InChI=1S/C22H25NO5/c1-16(22(25)23-14-5-7-17-6-3-4-8-20(17)23)28-21(24)13-15-27-19-11-9-18(26-2)10-12-19/h3-4,6,8-12,16H,5,7,13-15H2,1-2H3. The van der Waals surface area contributed by atoms with Crippen molar-refractivity contribution in [2.24, 2.45) is 0 Å². The molecule has 0 aliphatic carbocycles. The zero-order chi connectivity index (χ0) is 19.9. The first-order chi connectivity index (χ1) is 13.6. The Morgan fingerprint density at radius 2 is 1.79 bits per heavy atom. The number of hydrogen-bond donors (Lipinski definition) is 0. The van der Waals surface area contributed by atoms with Crippen molar-refractivity contribution in [3.05, 3.63) is 54.1 Å². The number of carbonyl (C=O) groups excluding carboxylic acids is 2. The highest BCUT2D eigenvalue weighted by molar-refractivity contribution is 5.98. The maximum Gasteiger partial charge on any atom is 0.310 e. The summed E-state index contributed by atoms with van der Waals surface area (Å²) in [5, 5.41) is 0. The Morgan fingerprint density at radius 1 is 1.07 bits per heavy atom. The normalized spacial score (nSPS) is 14.0. The fraction of sp³-hybridized carbons (Fsp3) is 0.364. The summed E-state index contributed by atoms with van der Waals surface area (Å²) in [5.41, 5.74) is 2.05. The second-order valence-corrected chi connectivity index (χ2v) is 6.63. The van der Waals surface area contributed by atoms with Crippen LogP contribution in [0.5, 0.6) is 11.5 Å². The Hall–Kier alpha value is -3.02. The molecule has 0 bridgehead atoms. The van der Waals surface area contributed by atoms with Gasteiger partial charge in [-0.2, -0.15) is 0 Å². The number of ether oxygens (including phenoxy) is 3. The number of rotatable bonds is 7. The van der Waals surface area contributed by atoms with Crippen molar-refractivity contribution in [3.8, 4) is 11.5 Å². The van der Waals surface area contributed by atoms with Gasteiger partial charge in [0.25, 0.3) is 5.91 Å². The van der Waals surface area contributed by atoms with Gasteiger partial charge in [0, 0.05) is 12.2 Å². The fourth-order valence-electron chi connectivity index (χ4n) is 3.21. The Kier molecular flexibility index (Phi) is 6.53. The van der Waals surface area contributed by atoms with E-state index in [1.54, 1.807) is 43.2 Å². The van der Waals surface area contributed by atoms with Gasteiger partial charge in [0.2, 0.25) is 0 Å². The number of anilines is 1. The van der Waals surface area contributed by atoms with Gasteiger partial charge in [0.1, 0.15) is 11.5 Å². The summed E-state index contributed by atoms with van der Waals surface area (Å²) in [6.45, 7) is 2.43. The number of nitrogens with zero attached hydrogens (tertiary/aromatic N) is 1. The van der Waals surface area contributed by atoms with Crippen molar-refractivity contribution < 1.29 is 23.8 Å². The van der Waals surface area contributed by atoms with Gasteiger partial charge in [-0.25, -0.2) is 0 Å². The molecule has 6 heteroatoms. The highest BCUT2D eigenvalue weighted by Crippen LogP contribution is 2.27. The van der Waals surface area contributed by atoms with Crippen molar-refractivity contribution in [3.63, 3.8) is 0 Å². The van der Waals surface area contributed by atoms with Crippen LogP contribution in [0.15, 0.2) is 48.5 Å². The van der Waals surface area contributed by atoms with E-state index in [1.807, 2.05) is 24.3 Å².